The van der Waals surface area contributed by atoms with Gasteiger partial charge >= 0.3 is 0 Å². The van der Waals surface area contributed by atoms with E-state index in [2.05, 4.69) is 38.1 Å². The Morgan fingerprint density at radius 2 is 1.88 bits per heavy atom. The lowest BCUT2D eigenvalue weighted by atomic mass is 9.99. The van der Waals surface area contributed by atoms with Gasteiger partial charge in [-0.05, 0) is 49.9 Å². The molecular formula is C18H21BrN4O. The number of hydrogen-bond acceptors (Lipinski definition) is 4. The van der Waals surface area contributed by atoms with E-state index in [-0.39, 0.29) is 5.91 Å². The maximum atomic E-state index is 12.7. The third-order valence-electron chi connectivity index (χ3n) is 4.24. The number of carbonyl (C=O) groups is 1. The molecule has 0 spiro atoms. The number of benzene rings is 1. The molecule has 5 nitrogen and oxygen atoms in total. The van der Waals surface area contributed by atoms with Gasteiger partial charge in [-0.15, -0.1) is 0 Å². The van der Waals surface area contributed by atoms with Crippen LogP contribution in [0.4, 0.5) is 11.5 Å². The quantitative estimate of drug-likeness (QED) is 0.857. The van der Waals surface area contributed by atoms with Gasteiger partial charge in [0.2, 0.25) is 0 Å². The second-order valence-corrected chi connectivity index (χ2v) is 7.21. The summed E-state index contributed by atoms with van der Waals surface area (Å²) in [6.45, 7) is 5.65. The molecule has 1 aromatic carbocycles. The van der Waals surface area contributed by atoms with Gasteiger partial charge in [0.05, 0.1) is 0 Å². The lowest BCUT2D eigenvalue weighted by molar-refractivity contribution is 0.0691. The van der Waals surface area contributed by atoms with Gasteiger partial charge in [-0.1, -0.05) is 22.9 Å². The number of aryl methyl sites for hydroxylation is 1. The Morgan fingerprint density at radius 1 is 1.21 bits per heavy atom. The molecule has 1 amide bonds. The molecule has 0 unspecified atom stereocenters. The number of nitrogens with one attached hydrogen (secondary N) is 1. The van der Waals surface area contributed by atoms with Gasteiger partial charge in [0.15, 0.2) is 0 Å². The van der Waals surface area contributed by atoms with Gasteiger partial charge in [0.1, 0.15) is 17.3 Å². The van der Waals surface area contributed by atoms with Crippen molar-refractivity contribution in [2.75, 3.05) is 18.4 Å². The summed E-state index contributed by atoms with van der Waals surface area (Å²) in [4.78, 5) is 23.3. The average molecular weight is 389 g/mol. The zero-order valence-electron chi connectivity index (χ0n) is 13.9. The average Bonchev–Trinajstić information content (AvgIpc) is 2.56. The zero-order chi connectivity index (χ0) is 17.1. The Kier molecular flexibility index (Phi) is 5.14. The van der Waals surface area contributed by atoms with Gasteiger partial charge < -0.3 is 10.2 Å². The van der Waals surface area contributed by atoms with E-state index >= 15 is 0 Å². The van der Waals surface area contributed by atoms with Gasteiger partial charge in [0.25, 0.3) is 5.91 Å². The molecule has 126 valence electrons. The molecule has 1 aromatic heterocycles. The predicted molar refractivity (Wildman–Crippen MR) is 98.5 cm³/mol. The third kappa shape index (κ3) is 4.12. The number of rotatable bonds is 3. The molecule has 1 N–H and O–H groups in total. The van der Waals surface area contributed by atoms with E-state index in [0.29, 0.717) is 23.3 Å². The van der Waals surface area contributed by atoms with Crippen molar-refractivity contribution >= 4 is 33.3 Å². The highest BCUT2D eigenvalue weighted by atomic mass is 79.9. The van der Waals surface area contributed by atoms with Crippen molar-refractivity contribution in [3.63, 3.8) is 0 Å². The number of likely N-dealkylation sites (tertiary alicyclic amines) is 1. The molecule has 1 saturated heterocycles. The summed E-state index contributed by atoms with van der Waals surface area (Å²) in [6, 6.07) is 9.55. The Labute approximate surface area is 150 Å². The summed E-state index contributed by atoms with van der Waals surface area (Å²) in [5.41, 5.74) is 1.37. The minimum atomic E-state index is -0.00810. The van der Waals surface area contributed by atoms with Crippen LogP contribution < -0.4 is 5.32 Å². The van der Waals surface area contributed by atoms with E-state index in [0.717, 1.165) is 36.1 Å². The van der Waals surface area contributed by atoms with E-state index in [1.54, 1.807) is 6.07 Å². The van der Waals surface area contributed by atoms with E-state index in [1.807, 2.05) is 36.1 Å². The van der Waals surface area contributed by atoms with Crippen LogP contribution in [0, 0.1) is 12.8 Å². The molecule has 1 aliphatic heterocycles. The van der Waals surface area contributed by atoms with Crippen molar-refractivity contribution in [2.24, 2.45) is 5.92 Å². The minimum absolute atomic E-state index is 0.00810. The molecule has 24 heavy (non-hydrogen) atoms. The van der Waals surface area contributed by atoms with Crippen molar-refractivity contribution in [3.8, 4) is 0 Å². The first-order valence-corrected chi connectivity index (χ1v) is 8.98. The van der Waals surface area contributed by atoms with Crippen LogP contribution in [0.25, 0.3) is 0 Å². The molecule has 0 saturated carbocycles. The second kappa shape index (κ2) is 7.30. The minimum Gasteiger partial charge on any atom is -0.340 e. The van der Waals surface area contributed by atoms with E-state index in [9.17, 15) is 4.79 Å². The molecule has 0 bridgehead atoms. The van der Waals surface area contributed by atoms with Crippen LogP contribution in [-0.4, -0.2) is 33.9 Å². The van der Waals surface area contributed by atoms with Gasteiger partial charge in [0, 0.05) is 29.3 Å². The highest BCUT2D eigenvalue weighted by molar-refractivity contribution is 9.10. The maximum Gasteiger partial charge on any atom is 0.272 e. The smallest absolute Gasteiger partial charge is 0.272 e. The van der Waals surface area contributed by atoms with E-state index in [4.69, 9.17) is 0 Å². The number of anilines is 2. The Balaban J connectivity index is 1.78. The van der Waals surface area contributed by atoms with Crippen molar-refractivity contribution in [1.29, 1.82) is 0 Å². The standard InChI is InChI=1S/C18H21BrN4O/c1-12-7-9-23(10-8-12)18(24)16-11-17(21-13(2)20-16)22-15-5-3-14(19)4-6-15/h3-6,11-12H,7-10H2,1-2H3,(H,20,21,22). The summed E-state index contributed by atoms with van der Waals surface area (Å²) in [5.74, 6) is 1.91. The fraction of sp³-hybridized carbons (Fsp3) is 0.389. The van der Waals surface area contributed by atoms with Crippen LogP contribution in [0.15, 0.2) is 34.8 Å². The van der Waals surface area contributed by atoms with Crippen LogP contribution >= 0.6 is 15.9 Å². The number of amides is 1. The summed E-state index contributed by atoms with van der Waals surface area (Å²) in [7, 11) is 0. The Hall–Kier alpha value is -1.95. The predicted octanol–water partition coefficient (Wildman–Crippen LogP) is 4.16. The number of hydrogen-bond donors (Lipinski definition) is 1. The highest BCUT2D eigenvalue weighted by Gasteiger charge is 2.23. The summed E-state index contributed by atoms with van der Waals surface area (Å²) in [5, 5.41) is 3.23. The first kappa shape index (κ1) is 16.9. The third-order valence-corrected chi connectivity index (χ3v) is 4.77. The fourth-order valence-electron chi connectivity index (χ4n) is 2.80. The van der Waals surface area contributed by atoms with Gasteiger partial charge in [-0.2, -0.15) is 0 Å². The largest absolute Gasteiger partial charge is 0.340 e. The molecule has 1 aliphatic rings. The molecule has 6 heteroatoms. The zero-order valence-corrected chi connectivity index (χ0v) is 15.5. The van der Waals surface area contributed by atoms with Crippen molar-refractivity contribution < 1.29 is 4.79 Å². The molecule has 0 aliphatic carbocycles. The van der Waals surface area contributed by atoms with Crippen molar-refractivity contribution in [2.45, 2.75) is 26.7 Å². The summed E-state index contributed by atoms with van der Waals surface area (Å²) < 4.78 is 1.02. The SMILES string of the molecule is Cc1nc(Nc2ccc(Br)cc2)cc(C(=O)N2CCC(C)CC2)n1. The molecule has 2 aromatic rings. The molecule has 0 atom stereocenters. The number of halogens is 1. The van der Waals surface area contributed by atoms with Crippen molar-refractivity contribution in [3.05, 3.63) is 46.3 Å². The van der Waals surface area contributed by atoms with Crippen LogP contribution in [0.3, 0.4) is 0 Å². The number of carbonyl (C=O) groups excluding carboxylic acids is 1. The van der Waals surface area contributed by atoms with Crippen LogP contribution in [-0.2, 0) is 0 Å². The molecule has 1 fully saturated rings. The fourth-order valence-corrected chi connectivity index (χ4v) is 3.06. The lowest BCUT2D eigenvalue weighted by Gasteiger charge is -2.30. The van der Waals surface area contributed by atoms with Crippen LogP contribution in [0.5, 0.6) is 0 Å². The highest BCUT2D eigenvalue weighted by Crippen LogP contribution is 2.21. The topological polar surface area (TPSA) is 58.1 Å². The summed E-state index contributed by atoms with van der Waals surface area (Å²) >= 11 is 3.42. The van der Waals surface area contributed by atoms with Gasteiger partial charge in [-0.25, -0.2) is 9.97 Å². The maximum absolute atomic E-state index is 12.7. The second-order valence-electron chi connectivity index (χ2n) is 6.29. The van der Waals surface area contributed by atoms with Crippen molar-refractivity contribution in [1.82, 2.24) is 14.9 Å². The Bertz CT molecular complexity index is 724. The van der Waals surface area contributed by atoms with Crippen LogP contribution in [0.2, 0.25) is 0 Å². The molecule has 2 heterocycles. The normalized spacial score (nSPS) is 15.4. The number of piperidine rings is 1. The molecule has 0 radical (unpaired) electrons. The lowest BCUT2D eigenvalue weighted by Crippen LogP contribution is -2.38. The number of aromatic nitrogens is 2. The molecular weight excluding hydrogens is 368 g/mol. The van der Waals surface area contributed by atoms with Gasteiger partial charge in [-0.3, -0.25) is 4.79 Å². The monoisotopic (exact) mass is 388 g/mol. The van der Waals surface area contributed by atoms with E-state index in [1.165, 1.54) is 0 Å². The van der Waals surface area contributed by atoms with Crippen LogP contribution in [0.1, 0.15) is 36.1 Å². The molecule has 3 rings (SSSR count). The first-order chi connectivity index (χ1) is 11.5. The first-order valence-electron chi connectivity index (χ1n) is 8.19. The summed E-state index contributed by atoms with van der Waals surface area (Å²) in [6.07, 6.45) is 2.11. The van der Waals surface area contributed by atoms with E-state index < -0.39 is 0 Å². The Morgan fingerprint density at radius 3 is 2.54 bits per heavy atom. The number of nitrogens with zero attached hydrogens (tertiary/aromatic N) is 3.